The van der Waals surface area contributed by atoms with Gasteiger partial charge in [-0.15, -0.1) is 11.3 Å². The van der Waals surface area contributed by atoms with E-state index in [0.717, 1.165) is 30.2 Å². The Kier molecular flexibility index (Phi) is 4.84. The smallest absolute Gasteiger partial charge is 0.252 e. The molecule has 0 unspecified atom stereocenters. The van der Waals surface area contributed by atoms with Gasteiger partial charge in [-0.05, 0) is 29.1 Å². The highest BCUT2D eigenvalue weighted by Gasteiger charge is 2.28. The summed E-state index contributed by atoms with van der Waals surface area (Å²) in [6, 6.07) is 11.2. The lowest BCUT2D eigenvalue weighted by Crippen LogP contribution is -2.48. The Morgan fingerprint density at radius 2 is 1.86 bits per heavy atom. The number of hydrogen-bond donors (Lipinski definition) is 0. The molecule has 1 aromatic heterocycles. The molecule has 0 spiro atoms. The lowest BCUT2D eigenvalue weighted by molar-refractivity contribution is 0.182. The van der Waals surface area contributed by atoms with E-state index in [-0.39, 0.29) is 0 Å². The summed E-state index contributed by atoms with van der Waals surface area (Å²) >= 11 is 7.27. The third-order valence-corrected chi connectivity index (χ3v) is 7.22. The van der Waals surface area contributed by atoms with Crippen LogP contribution in [-0.4, -0.2) is 43.8 Å². The fourth-order valence-electron chi connectivity index (χ4n) is 2.56. The molecule has 0 saturated carbocycles. The highest BCUT2D eigenvalue weighted by atomic mass is 35.5. The maximum Gasteiger partial charge on any atom is 0.252 e. The number of halogens is 1. The van der Waals surface area contributed by atoms with Crippen LogP contribution in [0.3, 0.4) is 0 Å². The number of sulfonamides is 1. The van der Waals surface area contributed by atoms with Gasteiger partial charge in [0.05, 0.1) is 0 Å². The van der Waals surface area contributed by atoms with Gasteiger partial charge in [0, 0.05) is 37.7 Å². The Balaban J connectivity index is 1.61. The standard InChI is InChI=1S/C15H17ClN2O2S2/c16-14-4-1-3-13(11-14)12-17-6-8-18(9-7-17)22(19,20)15-5-2-10-21-15/h1-5,10-11H,6-9,12H2. The van der Waals surface area contributed by atoms with Crippen molar-refractivity contribution in [3.63, 3.8) is 0 Å². The third kappa shape index (κ3) is 3.52. The molecule has 22 heavy (non-hydrogen) atoms. The predicted molar refractivity (Wildman–Crippen MR) is 89.8 cm³/mol. The van der Waals surface area contributed by atoms with Gasteiger partial charge in [-0.2, -0.15) is 4.31 Å². The fourth-order valence-corrected chi connectivity index (χ4v) is 5.34. The molecule has 0 aliphatic carbocycles. The average molecular weight is 357 g/mol. The molecule has 0 amide bonds. The Morgan fingerprint density at radius 1 is 1.09 bits per heavy atom. The number of rotatable bonds is 4. The zero-order valence-electron chi connectivity index (χ0n) is 12.0. The van der Waals surface area contributed by atoms with Crippen molar-refractivity contribution in [1.29, 1.82) is 0 Å². The van der Waals surface area contributed by atoms with Crippen LogP contribution in [0.4, 0.5) is 0 Å². The summed E-state index contributed by atoms with van der Waals surface area (Å²) < 4.78 is 26.9. The molecular weight excluding hydrogens is 340 g/mol. The van der Waals surface area contributed by atoms with Gasteiger partial charge in [0.1, 0.15) is 4.21 Å². The first-order valence-corrected chi connectivity index (χ1v) is 9.76. The lowest BCUT2D eigenvalue weighted by atomic mass is 10.2. The van der Waals surface area contributed by atoms with Crippen LogP contribution in [0.5, 0.6) is 0 Å². The van der Waals surface area contributed by atoms with Crippen molar-refractivity contribution in [2.45, 2.75) is 10.8 Å². The van der Waals surface area contributed by atoms with E-state index in [1.165, 1.54) is 11.3 Å². The quantitative estimate of drug-likeness (QED) is 0.845. The van der Waals surface area contributed by atoms with Crippen molar-refractivity contribution in [2.24, 2.45) is 0 Å². The van der Waals surface area contributed by atoms with Crippen LogP contribution in [0.15, 0.2) is 46.0 Å². The molecule has 118 valence electrons. The van der Waals surface area contributed by atoms with Crippen LogP contribution in [0, 0.1) is 0 Å². The average Bonchev–Trinajstić information content (AvgIpc) is 3.03. The van der Waals surface area contributed by atoms with Gasteiger partial charge in [0.15, 0.2) is 0 Å². The number of hydrogen-bond acceptors (Lipinski definition) is 4. The minimum atomic E-state index is -3.32. The molecule has 7 heteroatoms. The van der Waals surface area contributed by atoms with Crippen LogP contribution in [0.25, 0.3) is 0 Å². The van der Waals surface area contributed by atoms with Gasteiger partial charge in [0.25, 0.3) is 10.0 Å². The van der Waals surface area contributed by atoms with Crippen LogP contribution < -0.4 is 0 Å². The summed E-state index contributed by atoms with van der Waals surface area (Å²) in [6.45, 7) is 3.32. The number of piperazine rings is 1. The van der Waals surface area contributed by atoms with E-state index in [9.17, 15) is 8.42 Å². The van der Waals surface area contributed by atoms with E-state index in [1.54, 1.807) is 21.8 Å². The van der Waals surface area contributed by atoms with E-state index in [1.807, 2.05) is 24.3 Å². The molecule has 2 aromatic rings. The van der Waals surface area contributed by atoms with Crippen molar-refractivity contribution in [2.75, 3.05) is 26.2 Å². The predicted octanol–water partition coefficient (Wildman–Crippen LogP) is 2.91. The molecule has 0 N–H and O–H groups in total. The SMILES string of the molecule is O=S(=O)(c1cccs1)N1CCN(Cc2cccc(Cl)c2)CC1. The van der Waals surface area contributed by atoms with Gasteiger partial charge >= 0.3 is 0 Å². The van der Waals surface area contributed by atoms with Crippen LogP contribution in [0.1, 0.15) is 5.56 Å². The summed E-state index contributed by atoms with van der Waals surface area (Å²) in [5.74, 6) is 0. The molecule has 0 atom stereocenters. The normalized spacial score (nSPS) is 17.7. The second-order valence-electron chi connectivity index (χ2n) is 5.24. The van der Waals surface area contributed by atoms with E-state index in [2.05, 4.69) is 4.90 Å². The summed E-state index contributed by atoms with van der Waals surface area (Å²) in [7, 11) is -3.32. The second kappa shape index (κ2) is 6.68. The van der Waals surface area contributed by atoms with E-state index in [0.29, 0.717) is 17.3 Å². The maximum atomic E-state index is 12.5. The minimum Gasteiger partial charge on any atom is -0.296 e. The van der Waals surface area contributed by atoms with Crippen molar-refractivity contribution in [3.8, 4) is 0 Å². The Hall–Kier alpha value is -0.920. The summed E-state index contributed by atoms with van der Waals surface area (Å²) in [5.41, 5.74) is 1.15. The molecule has 0 radical (unpaired) electrons. The van der Waals surface area contributed by atoms with Crippen LogP contribution >= 0.6 is 22.9 Å². The fraction of sp³-hybridized carbons (Fsp3) is 0.333. The van der Waals surface area contributed by atoms with Gasteiger partial charge in [-0.3, -0.25) is 4.90 Å². The van der Waals surface area contributed by atoms with Gasteiger partial charge < -0.3 is 0 Å². The van der Waals surface area contributed by atoms with Gasteiger partial charge in [-0.25, -0.2) is 8.42 Å². The first kappa shape index (κ1) is 16.0. The largest absolute Gasteiger partial charge is 0.296 e. The van der Waals surface area contributed by atoms with E-state index < -0.39 is 10.0 Å². The van der Waals surface area contributed by atoms with Gasteiger partial charge in [-0.1, -0.05) is 29.8 Å². The molecule has 1 aromatic carbocycles. The van der Waals surface area contributed by atoms with Crippen LogP contribution in [-0.2, 0) is 16.6 Å². The molecular formula is C15H17ClN2O2S2. The zero-order chi connectivity index (χ0) is 15.6. The number of nitrogens with zero attached hydrogens (tertiary/aromatic N) is 2. The summed E-state index contributed by atoms with van der Waals surface area (Å²) in [5, 5.41) is 2.53. The molecule has 2 heterocycles. The Morgan fingerprint density at radius 3 is 2.50 bits per heavy atom. The van der Waals surface area contributed by atoms with Crippen molar-refractivity contribution >= 4 is 33.0 Å². The molecule has 3 rings (SSSR count). The Labute approximate surface area is 140 Å². The van der Waals surface area contributed by atoms with Crippen molar-refractivity contribution < 1.29 is 8.42 Å². The van der Waals surface area contributed by atoms with Crippen LogP contribution in [0.2, 0.25) is 5.02 Å². The topological polar surface area (TPSA) is 40.6 Å². The van der Waals surface area contributed by atoms with Gasteiger partial charge in [0.2, 0.25) is 0 Å². The van der Waals surface area contributed by atoms with E-state index >= 15 is 0 Å². The van der Waals surface area contributed by atoms with Crippen molar-refractivity contribution in [1.82, 2.24) is 9.21 Å². The first-order chi connectivity index (χ1) is 10.6. The Bertz CT molecular complexity index is 724. The lowest BCUT2D eigenvalue weighted by Gasteiger charge is -2.33. The minimum absolute atomic E-state index is 0.427. The molecule has 4 nitrogen and oxygen atoms in total. The molecule has 1 aliphatic heterocycles. The molecule has 1 aliphatic rings. The maximum absolute atomic E-state index is 12.5. The summed E-state index contributed by atoms with van der Waals surface area (Å²) in [4.78, 5) is 2.26. The monoisotopic (exact) mass is 356 g/mol. The summed E-state index contributed by atoms with van der Waals surface area (Å²) in [6.07, 6.45) is 0. The molecule has 0 bridgehead atoms. The highest BCUT2D eigenvalue weighted by Crippen LogP contribution is 2.22. The molecule has 1 fully saturated rings. The zero-order valence-corrected chi connectivity index (χ0v) is 14.4. The number of benzene rings is 1. The molecule has 1 saturated heterocycles. The van der Waals surface area contributed by atoms with Crippen molar-refractivity contribution in [3.05, 3.63) is 52.4 Å². The second-order valence-corrected chi connectivity index (χ2v) is 8.79. The number of thiophene rings is 1. The first-order valence-electron chi connectivity index (χ1n) is 7.06. The third-order valence-electron chi connectivity index (χ3n) is 3.72. The highest BCUT2D eigenvalue weighted by molar-refractivity contribution is 7.91. The van der Waals surface area contributed by atoms with E-state index in [4.69, 9.17) is 11.6 Å².